The highest BCUT2D eigenvalue weighted by molar-refractivity contribution is 9.10. The van der Waals surface area contributed by atoms with Crippen LogP contribution in [0.4, 0.5) is 4.79 Å². The number of hydrogen-bond acceptors (Lipinski definition) is 5. The van der Waals surface area contributed by atoms with E-state index in [-0.39, 0.29) is 6.61 Å². The SMILES string of the molecule is CCOC(=O)Oc1c(C)cc(Br)c2nc3ccccc3nc12. The summed E-state index contributed by atoms with van der Waals surface area (Å²) in [6, 6.07) is 9.40. The van der Waals surface area contributed by atoms with Crippen molar-refractivity contribution < 1.29 is 14.3 Å². The summed E-state index contributed by atoms with van der Waals surface area (Å²) in [4.78, 5) is 20.8. The lowest BCUT2D eigenvalue weighted by Crippen LogP contribution is -2.11. The molecule has 0 spiro atoms. The van der Waals surface area contributed by atoms with Crippen molar-refractivity contribution in [2.24, 2.45) is 0 Å². The van der Waals surface area contributed by atoms with E-state index in [0.717, 1.165) is 21.1 Å². The van der Waals surface area contributed by atoms with Gasteiger partial charge in [0.1, 0.15) is 11.0 Å². The summed E-state index contributed by atoms with van der Waals surface area (Å²) in [5.41, 5.74) is 3.46. The van der Waals surface area contributed by atoms with Gasteiger partial charge in [-0.2, -0.15) is 0 Å². The summed E-state index contributed by atoms with van der Waals surface area (Å²) < 4.78 is 11.0. The number of halogens is 1. The maximum absolute atomic E-state index is 11.7. The largest absolute Gasteiger partial charge is 0.513 e. The van der Waals surface area contributed by atoms with Gasteiger partial charge in [0.05, 0.1) is 17.6 Å². The van der Waals surface area contributed by atoms with Crippen molar-refractivity contribution in [3.05, 3.63) is 40.4 Å². The molecule has 1 heterocycles. The van der Waals surface area contributed by atoms with Crippen LogP contribution in [0.1, 0.15) is 12.5 Å². The third-order valence-electron chi connectivity index (χ3n) is 3.16. The number of hydrogen-bond donors (Lipinski definition) is 0. The second-order valence-corrected chi connectivity index (χ2v) is 5.55. The standard InChI is InChI=1S/C16H13BrN2O3/c1-3-21-16(20)22-15-9(2)8-10(17)13-14(15)19-12-7-5-4-6-11(12)18-13/h4-8H,3H2,1-2H3. The van der Waals surface area contributed by atoms with E-state index in [4.69, 9.17) is 9.47 Å². The smallest absolute Gasteiger partial charge is 0.434 e. The fourth-order valence-electron chi connectivity index (χ4n) is 2.20. The molecule has 0 saturated carbocycles. The van der Waals surface area contributed by atoms with Crippen molar-refractivity contribution in [2.75, 3.05) is 6.61 Å². The zero-order valence-electron chi connectivity index (χ0n) is 12.1. The van der Waals surface area contributed by atoms with Crippen LogP contribution in [0, 0.1) is 6.92 Å². The first-order chi connectivity index (χ1) is 10.6. The third kappa shape index (κ3) is 2.62. The Morgan fingerprint density at radius 1 is 1.18 bits per heavy atom. The Hall–Kier alpha value is -2.21. The number of rotatable bonds is 2. The maximum Gasteiger partial charge on any atom is 0.513 e. The van der Waals surface area contributed by atoms with Gasteiger partial charge < -0.3 is 9.47 Å². The fraction of sp³-hybridized carbons (Fsp3) is 0.188. The zero-order valence-corrected chi connectivity index (χ0v) is 13.7. The number of benzene rings is 2. The topological polar surface area (TPSA) is 61.3 Å². The van der Waals surface area contributed by atoms with Gasteiger partial charge in [-0.15, -0.1) is 0 Å². The Labute approximate surface area is 135 Å². The molecule has 3 aromatic rings. The van der Waals surface area contributed by atoms with Crippen molar-refractivity contribution in [2.45, 2.75) is 13.8 Å². The molecule has 0 atom stereocenters. The molecule has 22 heavy (non-hydrogen) atoms. The van der Waals surface area contributed by atoms with Crippen LogP contribution in [0.25, 0.3) is 22.1 Å². The number of fused-ring (bicyclic) bond motifs is 2. The second kappa shape index (κ2) is 5.88. The van der Waals surface area contributed by atoms with Gasteiger partial charge in [-0.25, -0.2) is 14.8 Å². The van der Waals surface area contributed by atoms with Crippen LogP contribution in [0.2, 0.25) is 0 Å². The summed E-state index contributed by atoms with van der Waals surface area (Å²) >= 11 is 3.49. The molecule has 0 amide bonds. The molecule has 0 aliphatic heterocycles. The van der Waals surface area contributed by atoms with E-state index in [1.165, 1.54) is 0 Å². The molecule has 6 heteroatoms. The molecule has 0 unspecified atom stereocenters. The molecule has 3 rings (SSSR count). The van der Waals surface area contributed by atoms with Crippen molar-refractivity contribution >= 4 is 44.2 Å². The van der Waals surface area contributed by atoms with Crippen LogP contribution >= 0.6 is 15.9 Å². The summed E-state index contributed by atoms with van der Waals surface area (Å²) in [7, 11) is 0. The molecule has 0 N–H and O–H groups in total. The highest BCUT2D eigenvalue weighted by atomic mass is 79.9. The minimum Gasteiger partial charge on any atom is -0.434 e. The molecular formula is C16H13BrN2O3. The van der Waals surface area contributed by atoms with Crippen LogP contribution < -0.4 is 4.74 Å². The number of nitrogens with zero attached hydrogens (tertiary/aromatic N) is 2. The highest BCUT2D eigenvalue weighted by Gasteiger charge is 2.17. The normalized spacial score (nSPS) is 10.9. The molecular weight excluding hydrogens is 348 g/mol. The average Bonchev–Trinajstić information content (AvgIpc) is 2.50. The van der Waals surface area contributed by atoms with Crippen LogP contribution in [0.5, 0.6) is 5.75 Å². The number of carbonyl (C=O) groups is 1. The molecule has 0 radical (unpaired) electrons. The summed E-state index contributed by atoms with van der Waals surface area (Å²) in [6.07, 6.45) is -0.746. The quantitative estimate of drug-likeness (QED) is 0.385. The predicted molar refractivity (Wildman–Crippen MR) is 87.1 cm³/mol. The first-order valence-electron chi connectivity index (χ1n) is 6.80. The van der Waals surface area contributed by atoms with Gasteiger partial charge in [0.15, 0.2) is 5.75 Å². The lowest BCUT2D eigenvalue weighted by atomic mass is 10.1. The lowest BCUT2D eigenvalue weighted by Gasteiger charge is -2.11. The average molecular weight is 361 g/mol. The lowest BCUT2D eigenvalue weighted by molar-refractivity contribution is 0.104. The molecule has 0 aliphatic rings. The molecule has 0 bridgehead atoms. The molecule has 0 aliphatic carbocycles. The van der Waals surface area contributed by atoms with Crippen LogP contribution in [0.15, 0.2) is 34.8 Å². The van der Waals surface area contributed by atoms with E-state index < -0.39 is 6.16 Å². The van der Waals surface area contributed by atoms with Gasteiger partial charge >= 0.3 is 6.16 Å². The summed E-state index contributed by atoms with van der Waals surface area (Å²) in [6.45, 7) is 3.82. The highest BCUT2D eigenvalue weighted by Crippen LogP contribution is 2.34. The summed E-state index contributed by atoms with van der Waals surface area (Å²) in [5, 5.41) is 0. The molecule has 2 aromatic carbocycles. The number of ether oxygens (including phenoxy) is 2. The number of para-hydroxylation sites is 2. The van der Waals surface area contributed by atoms with Gasteiger partial charge in [-0.3, -0.25) is 0 Å². The first kappa shape index (κ1) is 14.7. The Morgan fingerprint density at radius 2 is 1.82 bits per heavy atom. The van der Waals surface area contributed by atoms with Crippen molar-refractivity contribution in [1.29, 1.82) is 0 Å². The molecule has 0 fully saturated rings. The van der Waals surface area contributed by atoms with Gasteiger partial charge in [0.2, 0.25) is 0 Å². The van der Waals surface area contributed by atoms with Crippen LogP contribution in [-0.4, -0.2) is 22.7 Å². The molecule has 1 aromatic heterocycles. The summed E-state index contributed by atoms with van der Waals surface area (Å²) in [5.74, 6) is 0.370. The number of aromatic nitrogens is 2. The third-order valence-corrected chi connectivity index (χ3v) is 3.77. The van der Waals surface area contributed by atoms with Crippen LogP contribution in [0.3, 0.4) is 0 Å². The number of aryl methyl sites for hydroxylation is 1. The molecule has 0 saturated heterocycles. The van der Waals surface area contributed by atoms with E-state index in [1.807, 2.05) is 37.3 Å². The van der Waals surface area contributed by atoms with Crippen molar-refractivity contribution in [1.82, 2.24) is 9.97 Å². The fourth-order valence-corrected chi connectivity index (χ4v) is 2.81. The Morgan fingerprint density at radius 3 is 2.45 bits per heavy atom. The number of carbonyl (C=O) groups excluding carboxylic acids is 1. The van der Waals surface area contributed by atoms with Gasteiger partial charge in [0.25, 0.3) is 0 Å². The van der Waals surface area contributed by atoms with E-state index in [2.05, 4.69) is 25.9 Å². The predicted octanol–water partition coefficient (Wildman–Crippen LogP) is 4.39. The monoisotopic (exact) mass is 360 g/mol. The van der Waals surface area contributed by atoms with Gasteiger partial charge in [-0.1, -0.05) is 12.1 Å². The Bertz CT molecular complexity index is 880. The maximum atomic E-state index is 11.7. The molecule has 112 valence electrons. The Balaban J connectivity index is 2.25. The van der Waals surface area contributed by atoms with E-state index in [0.29, 0.717) is 16.8 Å². The van der Waals surface area contributed by atoms with Gasteiger partial charge in [0, 0.05) is 4.47 Å². The Kier molecular flexibility index (Phi) is 3.94. The van der Waals surface area contributed by atoms with E-state index in [9.17, 15) is 4.79 Å². The second-order valence-electron chi connectivity index (χ2n) is 4.70. The van der Waals surface area contributed by atoms with Gasteiger partial charge in [-0.05, 0) is 53.5 Å². The van der Waals surface area contributed by atoms with E-state index in [1.54, 1.807) is 6.92 Å². The minimum atomic E-state index is -0.746. The minimum absolute atomic E-state index is 0.251. The van der Waals surface area contributed by atoms with Crippen LogP contribution in [-0.2, 0) is 4.74 Å². The van der Waals surface area contributed by atoms with E-state index >= 15 is 0 Å². The van der Waals surface area contributed by atoms with Crippen molar-refractivity contribution in [3.63, 3.8) is 0 Å². The molecule has 5 nitrogen and oxygen atoms in total. The van der Waals surface area contributed by atoms with Crippen molar-refractivity contribution in [3.8, 4) is 5.75 Å². The zero-order chi connectivity index (χ0) is 15.7. The first-order valence-corrected chi connectivity index (χ1v) is 7.59.